The largest absolute Gasteiger partial charge is 0.300 e. The molecule has 0 atom stereocenters. The van der Waals surface area contributed by atoms with Gasteiger partial charge in [-0.15, -0.1) is 0 Å². The Morgan fingerprint density at radius 1 is 1.10 bits per heavy atom. The Labute approximate surface area is 120 Å². The number of amidine groups is 1. The quantitative estimate of drug-likeness (QED) is 0.861. The van der Waals surface area contributed by atoms with E-state index >= 15 is 0 Å². The smallest absolute Gasteiger partial charge is 0.264 e. The maximum absolute atomic E-state index is 11.9. The molecule has 1 aliphatic heterocycles. The van der Waals surface area contributed by atoms with E-state index in [1.54, 1.807) is 12.4 Å². The van der Waals surface area contributed by atoms with Gasteiger partial charge in [-0.1, -0.05) is 18.2 Å². The Morgan fingerprint density at radius 3 is 2.60 bits per heavy atom. The topological polar surface area (TPSA) is 54.4 Å². The number of hydrogen-bond donors (Lipinski definition) is 1. The minimum atomic E-state index is -0.124. The fourth-order valence-electron chi connectivity index (χ4n) is 1.71. The molecule has 3 rings (SSSR count). The second-order valence-corrected chi connectivity index (χ2v) is 5.13. The third-order valence-corrected chi connectivity index (χ3v) is 3.55. The molecule has 1 saturated heterocycles. The van der Waals surface area contributed by atoms with Crippen molar-refractivity contribution in [3.05, 3.63) is 65.3 Å². The van der Waals surface area contributed by atoms with Crippen LogP contribution < -0.4 is 5.32 Å². The normalized spacial score (nSPS) is 18.5. The van der Waals surface area contributed by atoms with Crippen LogP contribution in [0.2, 0.25) is 0 Å². The van der Waals surface area contributed by atoms with E-state index in [1.165, 1.54) is 11.8 Å². The van der Waals surface area contributed by atoms with E-state index in [9.17, 15) is 4.79 Å². The van der Waals surface area contributed by atoms with Gasteiger partial charge < -0.3 is 5.32 Å². The second-order valence-electron chi connectivity index (χ2n) is 4.10. The molecule has 2 aromatic rings. The molecule has 20 heavy (non-hydrogen) atoms. The summed E-state index contributed by atoms with van der Waals surface area (Å²) in [5.41, 5.74) is 1.76. The van der Waals surface area contributed by atoms with Crippen molar-refractivity contribution in [1.82, 2.24) is 10.3 Å². The molecule has 1 amide bonds. The molecule has 1 N–H and O–H groups in total. The van der Waals surface area contributed by atoms with Crippen LogP contribution in [0, 0.1) is 0 Å². The number of carbonyl (C=O) groups excluding carboxylic acids is 1. The van der Waals surface area contributed by atoms with Crippen LogP contribution in [0.15, 0.2) is 64.8 Å². The van der Waals surface area contributed by atoms with Crippen molar-refractivity contribution in [2.24, 2.45) is 4.99 Å². The van der Waals surface area contributed by atoms with Gasteiger partial charge in [0.05, 0.1) is 10.6 Å². The van der Waals surface area contributed by atoms with Crippen LogP contribution in [-0.4, -0.2) is 16.1 Å². The van der Waals surface area contributed by atoms with Gasteiger partial charge in [-0.05, 0) is 47.7 Å². The van der Waals surface area contributed by atoms with Crippen LogP contribution in [-0.2, 0) is 4.79 Å². The van der Waals surface area contributed by atoms with Crippen molar-refractivity contribution < 1.29 is 4.79 Å². The summed E-state index contributed by atoms with van der Waals surface area (Å²) >= 11 is 1.34. The van der Waals surface area contributed by atoms with Crippen LogP contribution >= 0.6 is 11.8 Å². The van der Waals surface area contributed by atoms with Gasteiger partial charge in [0, 0.05) is 12.4 Å². The van der Waals surface area contributed by atoms with Gasteiger partial charge in [-0.2, -0.15) is 0 Å². The number of nitrogens with one attached hydrogen (secondary N) is 1. The summed E-state index contributed by atoms with van der Waals surface area (Å²) in [5.74, 6) is -0.124. The molecule has 0 unspecified atom stereocenters. The third kappa shape index (κ3) is 2.95. The first-order valence-corrected chi connectivity index (χ1v) is 6.87. The van der Waals surface area contributed by atoms with Crippen molar-refractivity contribution >= 4 is 34.6 Å². The number of aromatic nitrogens is 1. The molecule has 0 radical (unpaired) electrons. The molecule has 1 aliphatic rings. The van der Waals surface area contributed by atoms with Crippen LogP contribution in [0.4, 0.5) is 5.69 Å². The number of rotatable bonds is 2. The van der Waals surface area contributed by atoms with Gasteiger partial charge in [0.25, 0.3) is 5.91 Å². The first-order chi connectivity index (χ1) is 9.81. The number of para-hydroxylation sites is 1. The van der Waals surface area contributed by atoms with Crippen LogP contribution in [0.1, 0.15) is 5.56 Å². The Kier molecular flexibility index (Phi) is 3.60. The molecule has 0 bridgehead atoms. The molecule has 98 valence electrons. The lowest BCUT2D eigenvalue weighted by molar-refractivity contribution is -0.115. The van der Waals surface area contributed by atoms with Gasteiger partial charge in [0.1, 0.15) is 0 Å². The van der Waals surface area contributed by atoms with E-state index in [1.807, 2.05) is 48.5 Å². The lowest BCUT2D eigenvalue weighted by atomic mass is 10.2. The summed E-state index contributed by atoms with van der Waals surface area (Å²) in [6.07, 6.45) is 5.22. The average Bonchev–Trinajstić information content (AvgIpc) is 2.81. The number of hydrogen-bond acceptors (Lipinski definition) is 4. The van der Waals surface area contributed by atoms with Gasteiger partial charge in [0.2, 0.25) is 0 Å². The van der Waals surface area contributed by atoms with Gasteiger partial charge in [0.15, 0.2) is 5.17 Å². The molecular weight excluding hydrogens is 270 g/mol. The summed E-state index contributed by atoms with van der Waals surface area (Å²) in [6.45, 7) is 0. The highest BCUT2D eigenvalue weighted by Crippen LogP contribution is 2.27. The zero-order valence-electron chi connectivity index (χ0n) is 10.5. The number of carbonyl (C=O) groups is 1. The predicted octanol–water partition coefficient (Wildman–Crippen LogP) is 2.97. The number of nitrogens with zero attached hydrogens (tertiary/aromatic N) is 2. The van der Waals surface area contributed by atoms with Crippen LogP contribution in [0.25, 0.3) is 6.08 Å². The lowest BCUT2D eigenvalue weighted by Crippen LogP contribution is -2.19. The predicted molar refractivity (Wildman–Crippen MR) is 81.5 cm³/mol. The molecule has 1 aromatic carbocycles. The summed E-state index contributed by atoms with van der Waals surface area (Å²) in [4.78, 5) is 20.9. The summed E-state index contributed by atoms with van der Waals surface area (Å²) in [7, 11) is 0. The Morgan fingerprint density at radius 2 is 1.85 bits per heavy atom. The summed E-state index contributed by atoms with van der Waals surface area (Å²) < 4.78 is 0. The monoisotopic (exact) mass is 281 g/mol. The number of pyridine rings is 1. The highest BCUT2D eigenvalue weighted by molar-refractivity contribution is 8.18. The van der Waals surface area contributed by atoms with Crippen molar-refractivity contribution in [3.8, 4) is 0 Å². The average molecular weight is 281 g/mol. The zero-order chi connectivity index (χ0) is 13.8. The molecule has 4 nitrogen and oxygen atoms in total. The maximum atomic E-state index is 11.9. The molecular formula is C15H11N3OS. The van der Waals surface area contributed by atoms with Crippen molar-refractivity contribution in [1.29, 1.82) is 0 Å². The standard InChI is InChI=1S/C15H11N3OS/c19-14-13(10-11-6-8-16-9-7-11)20-15(18-14)17-12-4-2-1-3-5-12/h1-10H,(H,17,18,19)/b13-10+. The lowest BCUT2D eigenvalue weighted by Gasteiger charge is -1.94. The van der Waals surface area contributed by atoms with Gasteiger partial charge in [-0.3, -0.25) is 9.78 Å². The Balaban J connectivity index is 1.83. The molecule has 0 aliphatic carbocycles. The first kappa shape index (κ1) is 12.6. The molecule has 5 heteroatoms. The molecule has 1 aromatic heterocycles. The molecule has 1 fully saturated rings. The van der Waals surface area contributed by atoms with Gasteiger partial charge >= 0.3 is 0 Å². The molecule has 0 spiro atoms. The maximum Gasteiger partial charge on any atom is 0.264 e. The summed E-state index contributed by atoms with van der Waals surface area (Å²) in [5, 5.41) is 3.36. The van der Waals surface area contributed by atoms with Crippen LogP contribution in [0.3, 0.4) is 0 Å². The summed E-state index contributed by atoms with van der Waals surface area (Å²) in [6, 6.07) is 13.2. The minimum Gasteiger partial charge on any atom is -0.300 e. The highest BCUT2D eigenvalue weighted by atomic mass is 32.2. The SMILES string of the molecule is O=C1NC(=Nc2ccccc2)S/C1=C/c1ccncc1. The third-order valence-electron chi connectivity index (χ3n) is 2.64. The van der Waals surface area contributed by atoms with E-state index in [2.05, 4.69) is 15.3 Å². The fraction of sp³-hybridized carbons (Fsp3) is 0. The number of amides is 1. The Hall–Kier alpha value is -2.40. The number of thioether (sulfide) groups is 1. The number of benzene rings is 1. The minimum absolute atomic E-state index is 0.124. The number of aliphatic imine (C=N–C) groups is 1. The fourth-order valence-corrected chi connectivity index (χ4v) is 2.55. The van der Waals surface area contributed by atoms with E-state index in [4.69, 9.17) is 0 Å². The molecule has 2 heterocycles. The first-order valence-electron chi connectivity index (χ1n) is 6.06. The molecule has 0 saturated carbocycles. The van der Waals surface area contributed by atoms with Crippen molar-refractivity contribution in [2.45, 2.75) is 0 Å². The van der Waals surface area contributed by atoms with Gasteiger partial charge in [-0.25, -0.2) is 4.99 Å². The zero-order valence-corrected chi connectivity index (χ0v) is 11.3. The van der Waals surface area contributed by atoms with E-state index in [0.717, 1.165) is 11.3 Å². The van der Waals surface area contributed by atoms with Crippen LogP contribution in [0.5, 0.6) is 0 Å². The van der Waals surface area contributed by atoms with E-state index in [-0.39, 0.29) is 5.91 Å². The van der Waals surface area contributed by atoms with E-state index < -0.39 is 0 Å². The second kappa shape index (κ2) is 5.71. The highest BCUT2D eigenvalue weighted by Gasteiger charge is 2.23. The van der Waals surface area contributed by atoms with Crippen molar-refractivity contribution in [3.63, 3.8) is 0 Å². The van der Waals surface area contributed by atoms with Crippen molar-refractivity contribution in [2.75, 3.05) is 0 Å². The Bertz CT molecular complexity index is 681. The van der Waals surface area contributed by atoms with E-state index in [0.29, 0.717) is 10.1 Å².